The van der Waals surface area contributed by atoms with E-state index in [1.807, 2.05) is 7.11 Å². The highest BCUT2D eigenvalue weighted by atomic mass is 16.5. The maximum atomic E-state index is 5.53. The van der Waals surface area contributed by atoms with Gasteiger partial charge in [-0.05, 0) is 44.9 Å². The number of hydrogen-bond donors (Lipinski definition) is 0. The fraction of sp³-hybridized carbons (Fsp3) is 0.833. The van der Waals surface area contributed by atoms with Crippen molar-refractivity contribution in [3.8, 4) is 0 Å². The average Bonchev–Trinajstić information content (AvgIpc) is 2.18. The zero-order chi connectivity index (χ0) is 9.90. The van der Waals surface area contributed by atoms with Gasteiger partial charge in [-0.2, -0.15) is 0 Å². The van der Waals surface area contributed by atoms with Crippen molar-refractivity contribution in [2.75, 3.05) is 7.11 Å². The summed E-state index contributed by atoms with van der Waals surface area (Å²) in [7, 11) is 1.81. The Morgan fingerprint density at radius 2 is 2.08 bits per heavy atom. The first kappa shape index (κ1) is 10.8. The summed E-state index contributed by atoms with van der Waals surface area (Å²) in [5.74, 6) is 1.45. The molecule has 0 N–H and O–H groups in total. The molecule has 0 spiro atoms. The van der Waals surface area contributed by atoms with Crippen LogP contribution in [-0.2, 0) is 4.74 Å². The van der Waals surface area contributed by atoms with Crippen molar-refractivity contribution in [1.82, 2.24) is 0 Å². The van der Waals surface area contributed by atoms with Crippen molar-refractivity contribution in [2.45, 2.75) is 45.6 Å². The molecule has 2 atom stereocenters. The molecule has 1 nitrogen and oxygen atoms in total. The highest BCUT2D eigenvalue weighted by Gasteiger charge is 2.31. The molecule has 76 valence electrons. The molecule has 0 aromatic carbocycles. The third-order valence-electron chi connectivity index (χ3n) is 3.64. The van der Waals surface area contributed by atoms with Crippen LogP contribution in [0.1, 0.15) is 40.0 Å². The molecule has 13 heavy (non-hydrogen) atoms. The molecule has 0 saturated carbocycles. The minimum absolute atomic E-state index is 0.0237. The molecule has 2 unspecified atom stereocenters. The summed E-state index contributed by atoms with van der Waals surface area (Å²) in [6, 6.07) is 0. The first-order chi connectivity index (χ1) is 6.08. The lowest BCUT2D eigenvalue weighted by Crippen LogP contribution is -2.36. The molecule has 0 saturated heterocycles. The smallest absolute Gasteiger partial charge is 0.0650 e. The molecule has 0 aromatic heterocycles. The SMILES string of the molecule is COC(C)(C)C(C)C1CC=CCC1. The average molecular weight is 182 g/mol. The predicted molar refractivity (Wildman–Crippen MR) is 56.7 cm³/mol. The van der Waals surface area contributed by atoms with E-state index in [2.05, 4.69) is 32.9 Å². The second-order valence-corrected chi connectivity index (χ2v) is 4.64. The Morgan fingerprint density at radius 3 is 2.54 bits per heavy atom. The molecule has 1 aliphatic carbocycles. The Hall–Kier alpha value is -0.300. The Balaban J connectivity index is 2.55. The van der Waals surface area contributed by atoms with Gasteiger partial charge in [0.1, 0.15) is 0 Å². The van der Waals surface area contributed by atoms with Crippen LogP contribution >= 0.6 is 0 Å². The number of hydrogen-bond acceptors (Lipinski definition) is 1. The fourth-order valence-electron chi connectivity index (χ4n) is 2.02. The zero-order valence-electron chi connectivity index (χ0n) is 9.34. The van der Waals surface area contributed by atoms with Gasteiger partial charge in [-0.3, -0.25) is 0 Å². The maximum Gasteiger partial charge on any atom is 0.0650 e. The molecule has 0 amide bonds. The molecule has 0 bridgehead atoms. The van der Waals surface area contributed by atoms with Gasteiger partial charge in [0, 0.05) is 7.11 Å². The third-order valence-corrected chi connectivity index (χ3v) is 3.64. The summed E-state index contributed by atoms with van der Waals surface area (Å²) in [6.45, 7) is 6.69. The van der Waals surface area contributed by atoms with Crippen LogP contribution in [0.4, 0.5) is 0 Å². The highest BCUT2D eigenvalue weighted by molar-refractivity contribution is 4.94. The summed E-state index contributed by atoms with van der Waals surface area (Å²) < 4.78 is 5.53. The van der Waals surface area contributed by atoms with Gasteiger partial charge in [0.2, 0.25) is 0 Å². The van der Waals surface area contributed by atoms with Crippen molar-refractivity contribution < 1.29 is 4.74 Å². The van der Waals surface area contributed by atoms with Crippen LogP contribution in [0.5, 0.6) is 0 Å². The van der Waals surface area contributed by atoms with Crippen LogP contribution in [0.15, 0.2) is 12.2 Å². The monoisotopic (exact) mass is 182 g/mol. The molecular formula is C12H22O. The van der Waals surface area contributed by atoms with Crippen LogP contribution < -0.4 is 0 Å². The van der Waals surface area contributed by atoms with Gasteiger partial charge in [0.05, 0.1) is 5.60 Å². The lowest BCUT2D eigenvalue weighted by Gasteiger charge is -2.36. The van der Waals surface area contributed by atoms with E-state index in [-0.39, 0.29) is 5.60 Å². The number of methoxy groups -OCH3 is 1. The summed E-state index contributed by atoms with van der Waals surface area (Å²) in [6.07, 6.45) is 8.41. The van der Waals surface area contributed by atoms with E-state index in [0.29, 0.717) is 5.92 Å². The second-order valence-electron chi connectivity index (χ2n) is 4.64. The van der Waals surface area contributed by atoms with Gasteiger partial charge in [-0.15, -0.1) is 0 Å². The Bertz CT molecular complexity index is 182. The normalized spacial score (nSPS) is 26.0. The van der Waals surface area contributed by atoms with E-state index in [1.54, 1.807) is 0 Å². The van der Waals surface area contributed by atoms with E-state index in [4.69, 9.17) is 4.74 Å². The van der Waals surface area contributed by atoms with Crippen molar-refractivity contribution in [1.29, 1.82) is 0 Å². The van der Waals surface area contributed by atoms with Crippen molar-refractivity contribution in [3.05, 3.63) is 12.2 Å². The maximum absolute atomic E-state index is 5.53. The van der Waals surface area contributed by atoms with E-state index in [0.717, 1.165) is 5.92 Å². The first-order valence-corrected chi connectivity index (χ1v) is 5.28. The van der Waals surface area contributed by atoms with Crippen LogP contribution in [0.2, 0.25) is 0 Å². The first-order valence-electron chi connectivity index (χ1n) is 5.28. The minimum atomic E-state index is 0.0237. The molecule has 0 aliphatic heterocycles. The molecule has 1 rings (SSSR count). The number of rotatable bonds is 3. The van der Waals surface area contributed by atoms with Gasteiger partial charge in [-0.1, -0.05) is 19.1 Å². The predicted octanol–water partition coefficient (Wildman–Crippen LogP) is 3.40. The largest absolute Gasteiger partial charge is 0.379 e. The number of allylic oxidation sites excluding steroid dienone is 2. The van der Waals surface area contributed by atoms with Gasteiger partial charge >= 0.3 is 0 Å². The van der Waals surface area contributed by atoms with Gasteiger partial charge in [-0.25, -0.2) is 0 Å². The summed E-state index contributed by atoms with van der Waals surface area (Å²) in [5, 5.41) is 0. The Labute approximate surface area is 82.2 Å². The van der Waals surface area contributed by atoms with Crippen LogP contribution in [0, 0.1) is 11.8 Å². The van der Waals surface area contributed by atoms with Gasteiger partial charge in [0.25, 0.3) is 0 Å². The third kappa shape index (κ3) is 2.57. The van der Waals surface area contributed by atoms with Gasteiger partial charge in [0.15, 0.2) is 0 Å². The van der Waals surface area contributed by atoms with Crippen LogP contribution in [-0.4, -0.2) is 12.7 Å². The lowest BCUT2D eigenvalue weighted by atomic mass is 9.76. The molecule has 0 aromatic rings. The second kappa shape index (κ2) is 4.28. The quantitative estimate of drug-likeness (QED) is 0.608. The van der Waals surface area contributed by atoms with Crippen molar-refractivity contribution in [2.24, 2.45) is 11.8 Å². The Kier molecular flexibility index (Phi) is 3.55. The summed E-state index contributed by atoms with van der Waals surface area (Å²) >= 11 is 0. The minimum Gasteiger partial charge on any atom is -0.379 e. The number of ether oxygens (including phenoxy) is 1. The van der Waals surface area contributed by atoms with Crippen LogP contribution in [0.25, 0.3) is 0 Å². The van der Waals surface area contributed by atoms with Crippen molar-refractivity contribution in [3.63, 3.8) is 0 Å². The molecule has 0 radical (unpaired) electrons. The highest BCUT2D eigenvalue weighted by Crippen LogP contribution is 2.34. The van der Waals surface area contributed by atoms with Crippen molar-refractivity contribution >= 4 is 0 Å². The van der Waals surface area contributed by atoms with Gasteiger partial charge < -0.3 is 4.74 Å². The standard InChI is InChI=1S/C12H22O/c1-10(12(2,3)13-4)11-8-6-5-7-9-11/h5-6,10-11H,7-9H2,1-4H3. The lowest BCUT2D eigenvalue weighted by molar-refractivity contribution is -0.0433. The molecule has 0 fully saturated rings. The van der Waals surface area contributed by atoms with E-state index >= 15 is 0 Å². The molecule has 1 aliphatic rings. The fourth-order valence-corrected chi connectivity index (χ4v) is 2.02. The summed E-state index contributed by atoms with van der Waals surface area (Å²) in [5.41, 5.74) is 0.0237. The Morgan fingerprint density at radius 1 is 1.38 bits per heavy atom. The van der Waals surface area contributed by atoms with E-state index in [1.165, 1.54) is 19.3 Å². The molecule has 1 heteroatoms. The topological polar surface area (TPSA) is 9.23 Å². The zero-order valence-corrected chi connectivity index (χ0v) is 9.34. The van der Waals surface area contributed by atoms with Crippen LogP contribution in [0.3, 0.4) is 0 Å². The van der Waals surface area contributed by atoms with E-state index in [9.17, 15) is 0 Å². The molecular weight excluding hydrogens is 160 g/mol. The van der Waals surface area contributed by atoms with E-state index < -0.39 is 0 Å². The molecule has 0 heterocycles. The summed E-state index contributed by atoms with van der Waals surface area (Å²) in [4.78, 5) is 0.